The van der Waals surface area contributed by atoms with Gasteiger partial charge in [-0.3, -0.25) is 9.78 Å². The Kier molecular flexibility index (Phi) is 3.14. The molecule has 0 aliphatic carbocycles. The Balaban J connectivity index is 2.36. The zero-order valence-electron chi connectivity index (χ0n) is 9.60. The van der Waals surface area contributed by atoms with Crippen LogP contribution < -0.4 is 5.73 Å². The third kappa shape index (κ3) is 2.47. The average Bonchev–Trinajstić information content (AvgIpc) is 2.58. The van der Waals surface area contributed by atoms with Crippen molar-refractivity contribution in [2.75, 3.05) is 0 Å². The van der Waals surface area contributed by atoms with Crippen molar-refractivity contribution in [1.82, 2.24) is 15.0 Å². The Morgan fingerprint density at radius 2 is 2.06 bits per heavy atom. The van der Waals surface area contributed by atoms with Crippen molar-refractivity contribution in [2.24, 2.45) is 5.73 Å². The number of aryl methyl sites for hydroxylation is 2. The van der Waals surface area contributed by atoms with E-state index < -0.39 is 5.91 Å². The van der Waals surface area contributed by atoms with E-state index in [1.54, 1.807) is 17.5 Å². The third-order valence-electron chi connectivity index (χ3n) is 2.34. The second-order valence-corrected chi connectivity index (χ2v) is 4.92. The van der Waals surface area contributed by atoms with E-state index in [2.05, 4.69) is 15.0 Å². The molecule has 0 aliphatic heterocycles. The van der Waals surface area contributed by atoms with Gasteiger partial charge in [0.15, 0.2) is 0 Å². The van der Waals surface area contributed by atoms with Crippen molar-refractivity contribution < 1.29 is 4.79 Å². The number of aromatic nitrogens is 3. The van der Waals surface area contributed by atoms with Gasteiger partial charge in [-0.1, -0.05) is 0 Å². The maximum absolute atomic E-state index is 11.2. The van der Waals surface area contributed by atoms with Crippen molar-refractivity contribution in [3.63, 3.8) is 0 Å². The molecular formula is C11H12N4OS. The Hall–Kier alpha value is -1.82. The highest BCUT2D eigenvalue weighted by Crippen LogP contribution is 2.20. The number of nitrogens with zero attached hydrogens (tertiary/aromatic N) is 3. The highest BCUT2D eigenvalue weighted by molar-refractivity contribution is 7.11. The summed E-state index contributed by atoms with van der Waals surface area (Å²) in [5, 5.41) is 1.00. The number of rotatable bonds is 3. The van der Waals surface area contributed by atoms with E-state index in [-0.39, 0.29) is 5.69 Å². The lowest BCUT2D eigenvalue weighted by atomic mass is 10.2. The van der Waals surface area contributed by atoms with E-state index in [9.17, 15) is 4.79 Å². The average molecular weight is 248 g/mol. The van der Waals surface area contributed by atoms with E-state index >= 15 is 0 Å². The highest BCUT2D eigenvalue weighted by atomic mass is 32.1. The van der Waals surface area contributed by atoms with Crippen molar-refractivity contribution in [2.45, 2.75) is 20.3 Å². The summed E-state index contributed by atoms with van der Waals surface area (Å²) in [5.74, 6) is -0.549. The molecule has 0 fully saturated rings. The summed E-state index contributed by atoms with van der Waals surface area (Å²) in [6.07, 6.45) is 3.57. The maximum Gasteiger partial charge on any atom is 0.269 e. The SMILES string of the molecule is Cc1nc(C)c(Cc2nccnc2C(N)=O)s1. The number of primary amides is 1. The Bertz CT molecular complexity index is 564. The van der Waals surface area contributed by atoms with Crippen LogP contribution in [0.2, 0.25) is 0 Å². The van der Waals surface area contributed by atoms with Crippen LogP contribution in [0.4, 0.5) is 0 Å². The molecule has 0 unspecified atom stereocenters. The van der Waals surface area contributed by atoms with Gasteiger partial charge in [0.25, 0.3) is 5.91 Å². The van der Waals surface area contributed by atoms with Crippen LogP contribution in [-0.4, -0.2) is 20.9 Å². The Morgan fingerprint density at radius 1 is 1.35 bits per heavy atom. The van der Waals surface area contributed by atoms with Crippen molar-refractivity contribution in [3.05, 3.63) is 39.4 Å². The molecule has 2 rings (SSSR count). The molecule has 6 heteroatoms. The van der Waals surface area contributed by atoms with Crippen LogP contribution in [0.3, 0.4) is 0 Å². The van der Waals surface area contributed by atoms with Crippen LogP contribution >= 0.6 is 11.3 Å². The number of hydrogen-bond donors (Lipinski definition) is 1. The molecule has 0 radical (unpaired) electrons. The first-order valence-electron chi connectivity index (χ1n) is 5.10. The van der Waals surface area contributed by atoms with Gasteiger partial charge in [-0.15, -0.1) is 11.3 Å². The van der Waals surface area contributed by atoms with Gasteiger partial charge in [0.05, 0.1) is 16.4 Å². The van der Waals surface area contributed by atoms with Gasteiger partial charge in [-0.25, -0.2) is 9.97 Å². The summed E-state index contributed by atoms with van der Waals surface area (Å²) in [5.41, 5.74) is 7.06. The summed E-state index contributed by atoms with van der Waals surface area (Å²) in [4.78, 5) is 24.8. The number of amides is 1. The van der Waals surface area contributed by atoms with E-state index in [1.807, 2.05) is 13.8 Å². The molecule has 2 aromatic heterocycles. The molecule has 17 heavy (non-hydrogen) atoms. The predicted octanol–water partition coefficient (Wildman–Crippen LogP) is 1.24. The number of hydrogen-bond acceptors (Lipinski definition) is 5. The summed E-state index contributed by atoms with van der Waals surface area (Å²) in [6, 6.07) is 0. The fourth-order valence-electron chi connectivity index (χ4n) is 1.59. The third-order valence-corrected chi connectivity index (χ3v) is 3.41. The van der Waals surface area contributed by atoms with E-state index in [4.69, 9.17) is 5.73 Å². The molecule has 0 aromatic carbocycles. The minimum absolute atomic E-state index is 0.234. The van der Waals surface area contributed by atoms with Gasteiger partial charge >= 0.3 is 0 Å². The monoisotopic (exact) mass is 248 g/mol. The fraction of sp³-hybridized carbons (Fsp3) is 0.273. The standard InChI is InChI=1S/C11H12N4OS/c1-6-9(17-7(2)15-6)5-8-10(11(12)16)14-4-3-13-8/h3-4H,5H2,1-2H3,(H2,12,16). The second-order valence-electron chi connectivity index (χ2n) is 3.63. The van der Waals surface area contributed by atoms with Gasteiger partial charge in [-0.05, 0) is 13.8 Å². The molecule has 2 N–H and O–H groups in total. The molecule has 0 saturated carbocycles. The van der Waals surface area contributed by atoms with Gasteiger partial charge in [0.1, 0.15) is 5.69 Å². The topological polar surface area (TPSA) is 81.8 Å². The van der Waals surface area contributed by atoms with Crippen molar-refractivity contribution in [3.8, 4) is 0 Å². The van der Waals surface area contributed by atoms with Crippen LogP contribution in [0.5, 0.6) is 0 Å². The maximum atomic E-state index is 11.2. The molecule has 0 bridgehead atoms. The molecule has 0 aliphatic rings. The smallest absolute Gasteiger partial charge is 0.269 e. The molecular weight excluding hydrogens is 236 g/mol. The number of nitrogens with two attached hydrogens (primary N) is 1. The quantitative estimate of drug-likeness (QED) is 0.886. The van der Waals surface area contributed by atoms with Gasteiger partial charge in [-0.2, -0.15) is 0 Å². The number of thiazole rings is 1. The molecule has 0 spiro atoms. The normalized spacial score (nSPS) is 10.5. The molecule has 0 saturated heterocycles. The van der Waals surface area contributed by atoms with Gasteiger partial charge < -0.3 is 5.73 Å². The molecule has 2 aromatic rings. The molecule has 5 nitrogen and oxygen atoms in total. The molecule has 88 valence electrons. The predicted molar refractivity (Wildman–Crippen MR) is 64.9 cm³/mol. The van der Waals surface area contributed by atoms with E-state index in [1.165, 1.54) is 6.20 Å². The first-order valence-corrected chi connectivity index (χ1v) is 5.92. The van der Waals surface area contributed by atoms with Crippen molar-refractivity contribution in [1.29, 1.82) is 0 Å². The Labute approximate surface area is 103 Å². The van der Waals surface area contributed by atoms with Crippen molar-refractivity contribution >= 4 is 17.2 Å². The lowest BCUT2D eigenvalue weighted by Gasteiger charge is -2.02. The summed E-state index contributed by atoms with van der Waals surface area (Å²) >= 11 is 1.60. The lowest BCUT2D eigenvalue weighted by molar-refractivity contribution is 0.0994. The zero-order valence-corrected chi connectivity index (χ0v) is 10.4. The largest absolute Gasteiger partial charge is 0.364 e. The molecule has 1 amide bonds. The minimum atomic E-state index is -0.549. The second kappa shape index (κ2) is 4.58. The minimum Gasteiger partial charge on any atom is -0.364 e. The van der Waals surface area contributed by atoms with Crippen LogP contribution in [0.15, 0.2) is 12.4 Å². The van der Waals surface area contributed by atoms with Crippen LogP contribution in [0.25, 0.3) is 0 Å². The molecule has 2 heterocycles. The summed E-state index contributed by atoms with van der Waals surface area (Å²) < 4.78 is 0. The van der Waals surface area contributed by atoms with E-state index in [0.717, 1.165) is 15.6 Å². The zero-order chi connectivity index (χ0) is 12.4. The fourth-order valence-corrected chi connectivity index (χ4v) is 2.53. The first-order chi connectivity index (χ1) is 8.08. The molecule has 0 atom stereocenters. The highest BCUT2D eigenvalue weighted by Gasteiger charge is 2.14. The number of carbonyl (C=O) groups is 1. The summed E-state index contributed by atoms with van der Waals surface area (Å²) in [6.45, 7) is 3.89. The van der Waals surface area contributed by atoms with Crippen LogP contribution in [0, 0.1) is 13.8 Å². The van der Waals surface area contributed by atoms with Crippen LogP contribution in [0.1, 0.15) is 31.8 Å². The van der Waals surface area contributed by atoms with Gasteiger partial charge in [0.2, 0.25) is 0 Å². The Morgan fingerprint density at radius 3 is 2.65 bits per heavy atom. The lowest BCUT2D eigenvalue weighted by Crippen LogP contribution is -2.17. The van der Waals surface area contributed by atoms with Crippen LogP contribution in [-0.2, 0) is 6.42 Å². The first kappa shape index (κ1) is 11.7. The summed E-state index contributed by atoms with van der Waals surface area (Å²) in [7, 11) is 0. The van der Waals surface area contributed by atoms with E-state index in [0.29, 0.717) is 12.1 Å². The number of carbonyl (C=O) groups excluding carboxylic acids is 1. The van der Waals surface area contributed by atoms with Gasteiger partial charge in [0, 0.05) is 23.7 Å².